The van der Waals surface area contributed by atoms with Gasteiger partial charge in [-0.15, -0.1) is 0 Å². The summed E-state index contributed by atoms with van der Waals surface area (Å²) in [5.41, 5.74) is 0.782. The third kappa shape index (κ3) is 4.44. The summed E-state index contributed by atoms with van der Waals surface area (Å²) >= 11 is 0. The number of hydrogen-bond donors (Lipinski definition) is 2. The minimum absolute atomic E-state index is 0.152. The van der Waals surface area contributed by atoms with Crippen LogP contribution in [0.4, 0.5) is 0 Å². The standard InChI is InChI=1S/C20H21N3O4/c1-2-27-15-9-7-14(8-10-15)13-18(24)21-11-12-23-17-6-4-3-5-16(17)22-19(25)20(23)26/h3-10H,2,11-13H2,1H3,(H,21,24)(H,22,25). The fourth-order valence-electron chi connectivity index (χ4n) is 2.87. The maximum atomic E-state index is 12.1. The number of carbonyl (C=O) groups is 1. The molecule has 3 rings (SSSR count). The van der Waals surface area contributed by atoms with E-state index < -0.39 is 11.1 Å². The minimum Gasteiger partial charge on any atom is -0.494 e. The quantitative estimate of drug-likeness (QED) is 0.618. The molecule has 7 nitrogen and oxygen atoms in total. The molecule has 2 aromatic carbocycles. The number of hydrogen-bond acceptors (Lipinski definition) is 4. The minimum atomic E-state index is -0.672. The average molecular weight is 367 g/mol. The van der Waals surface area contributed by atoms with Crippen LogP contribution in [0.2, 0.25) is 0 Å². The average Bonchev–Trinajstić information content (AvgIpc) is 2.66. The summed E-state index contributed by atoms with van der Waals surface area (Å²) in [5, 5.41) is 2.79. The van der Waals surface area contributed by atoms with Gasteiger partial charge < -0.3 is 19.6 Å². The first-order valence-corrected chi connectivity index (χ1v) is 8.79. The summed E-state index contributed by atoms with van der Waals surface area (Å²) in [6, 6.07) is 14.4. The maximum absolute atomic E-state index is 12.1. The Morgan fingerprint density at radius 1 is 1.11 bits per heavy atom. The first-order chi connectivity index (χ1) is 13.1. The Hall–Kier alpha value is -3.35. The van der Waals surface area contributed by atoms with Gasteiger partial charge in [0.15, 0.2) is 0 Å². The summed E-state index contributed by atoms with van der Waals surface area (Å²) in [4.78, 5) is 38.6. The van der Waals surface area contributed by atoms with Gasteiger partial charge in [0, 0.05) is 13.1 Å². The Bertz CT molecular complexity index is 1050. The highest BCUT2D eigenvalue weighted by molar-refractivity contribution is 5.78. The number of aromatic amines is 1. The predicted octanol–water partition coefficient (Wildman–Crippen LogP) is 1.45. The summed E-state index contributed by atoms with van der Waals surface area (Å²) < 4.78 is 6.75. The SMILES string of the molecule is CCOc1ccc(CC(=O)NCCn2c(=O)c(=O)[nH]c3ccccc32)cc1. The number of H-pyrrole nitrogens is 1. The predicted molar refractivity (Wildman–Crippen MR) is 103 cm³/mol. The number of carbonyl (C=O) groups excluding carboxylic acids is 1. The zero-order chi connectivity index (χ0) is 19.2. The van der Waals surface area contributed by atoms with Gasteiger partial charge in [-0.25, -0.2) is 0 Å². The zero-order valence-electron chi connectivity index (χ0n) is 15.0. The van der Waals surface area contributed by atoms with Crippen molar-refractivity contribution in [3.05, 3.63) is 74.8 Å². The van der Waals surface area contributed by atoms with E-state index in [2.05, 4.69) is 10.3 Å². The second-order valence-corrected chi connectivity index (χ2v) is 6.03. The topological polar surface area (TPSA) is 93.2 Å². The van der Waals surface area contributed by atoms with E-state index in [1.165, 1.54) is 4.57 Å². The fraction of sp³-hybridized carbons (Fsp3) is 0.250. The number of aromatic nitrogens is 2. The highest BCUT2D eigenvalue weighted by atomic mass is 16.5. The lowest BCUT2D eigenvalue weighted by molar-refractivity contribution is -0.120. The smallest absolute Gasteiger partial charge is 0.316 e. The van der Waals surface area contributed by atoms with Crippen LogP contribution in [0.15, 0.2) is 58.1 Å². The van der Waals surface area contributed by atoms with Crippen LogP contribution in [-0.4, -0.2) is 28.6 Å². The molecule has 0 aliphatic heterocycles. The summed E-state index contributed by atoms with van der Waals surface area (Å²) in [6.45, 7) is 2.98. The van der Waals surface area contributed by atoms with E-state index in [1.807, 2.05) is 31.2 Å². The Labute approximate surface area is 155 Å². The van der Waals surface area contributed by atoms with E-state index in [0.717, 1.165) is 11.3 Å². The number of fused-ring (bicyclic) bond motifs is 1. The molecule has 0 aliphatic carbocycles. The van der Waals surface area contributed by atoms with Crippen LogP contribution in [0.1, 0.15) is 12.5 Å². The summed E-state index contributed by atoms with van der Waals surface area (Å²) in [7, 11) is 0. The van der Waals surface area contributed by atoms with Gasteiger partial charge in [-0.3, -0.25) is 14.4 Å². The molecule has 0 bridgehead atoms. The third-order valence-corrected chi connectivity index (χ3v) is 4.14. The molecular weight excluding hydrogens is 346 g/mol. The third-order valence-electron chi connectivity index (χ3n) is 4.14. The van der Waals surface area contributed by atoms with E-state index >= 15 is 0 Å². The fourth-order valence-corrected chi connectivity index (χ4v) is 2.87. The maximum Gasteiger partial charge on any atom is 0.316 e. The van der Waals surface area contributed by atoms with Crippen LogP contribution in [0.3, 0.4) is 0 Å². The summed E-state index contributed by atoms with van der Waals surface area (Å²) in [5.74, 6) is 0.614. The summed E-state index contributed by atoms with van der Waals surface area (Å²) in [6.07, 6.45) is 0.234. The van der Waals surface area contributed by atoms with Crippen LogP contribution < -0.4 is 21.2 Å². The number of nitrogens with one attached hydrogen (secondary N) is 2. The molecule has 0 radical (unpaired) electrons. The monoisotopic (exact) mass is 367 g/mol. The van der Waals surface area contributed by atoms with Gasteiger partial charge in [-0.05, 0) is 36.8 Å². The molecule has 0 spiro atoms. The van der Waals surface area contributed by atoms with Crippen molar-refractivity contribution in [2.24, 2.45) is 0 Å². The van der Waals surface area contributed by atoms with Crippen molar-refractivity contribution in [1.29, 1.82) is 0 Å². The molecule has 3 aromatic rings. The second kappa shape index (κ2) is 8.35. The number of benzene rings is 2. The molecule has 0 atom stereocenters. The molecule has 0 saturated heterocycles. The van der Waals surface area contributed by atoms with Crippen molar-refractivity contribution in [2.75, 3.05) is 13.2 Å². The Kier molecular flexibility index (Phi) is 5.71. The van der Waals surface area contributed by atoms with Crippen LogP contribution in [0, 0.1) is 0 Å². The molecule has 0 aliphatic rings. The van der Waals surface area contributed by atoms with E-state index in [9.17, 15) is 14.4 Å². The molecule has 27 heavy (non-hydrogen) atoms. The number of nitrogens with zero attached hydrogens (tertiary/aromatic N) is 1. The number of amides is 1. The largest absolute Gasteiger partial charge is 0.494 e. The van der Waals surface area contributed by atoms with Crippen molar-refractivity contribution in [1.82, 2.24) is 14.9 Å². The molecule has 1 amide bonds. The zero-order valence-corrected chi connectivity index (χ0v) is 15.0. The van der Waals surface area contributed by atoms with Crippen LogP contribution in [0.5, 0.6) is 5.75 Å². The van der Waals surface area contributed by atoms with Crippen molar-refractivity contribution in [3.63, 3.8) is 0 Å². The first-order valence-electron chi connectivity index (χ1n) is 8.79. The molecule has 1 heterocycles. The van der Waals surface area contributed by atoms with E-state index in [-0.39, 0.29) is 25.4 Å². The van der Waals surface area contributed by atoms with Gasteiger partial charge in [0.05, 0.1) is 24.1 Å². The lowest BCUT2D eigenvalue weighted by Gasteiger charge is -2.10. The van der Waals surface area contributed by atoms with Gasteiger partial charge in [-0.2, -0.15) is 0 Å². The van der Waals surface area contributed by atoms with Crippen molar-refractivity contribution >= 4 is 16.9 Å². The molecule has 0 fully saturated rings. The number of rotatable bonds is 7. The van der Waals surface area contributed by atoms with Crippen molar-refractivity contribution in [3.8, 4) is 5.75 Å². The lowest BCUT2D eigenvalue weighted by Crippen LogP contribution is -2.39. The second-order valence-electron chi connectivity index (χ2n) is 6.03. The van der Waals surface area contributed by atoms with E-state index in [4.69, 9.17) is 4.74 Å². The van der Waals surface area contributed by atoms with Crippen molar-refractivity contribution in [2.45, 2.75) is 19.9 Å². The molecule has 0 saturated carbocycles. The lowest BCUT2D eigenvalue weighted by atomic mass is 10.1. The molecule has 140 valence electrons. The first kappa shape index (κ1) is 18.4. The number of para-hydroxylation sites is 2. The van der Waals surface area contributed by atoms with Crippen LogP contribution >= 0.6 is 0 Å². The van der Waals surface area contributed by atoms with Gasteiger partial charge >= 0.3 is 11.1 Å². The molecule has 2 N–H and O–H groups in total. The van der Waals surface area contributed by atoms with E-state index in [0.29, 0.717) is 17.6 Å². The number of ether oxygens (including phenoxy) is 1. The highest BCUT2D eigenvalue weighted by Crippen LogP contribution is 2.12. The van der Waals surface area contributed by atoms with Crippen molar-refractivity contribution < 1.29 is 9.53 Å². The van der Waals surface area contributed by atoms with Crippen LogP contribution in [-0.2, 0) is 17.8 Å². The van der Waals surface area contributed by atoms with Gasteiger partial charge in [0.25, 0.3) is 0 Å². The highest BCUT2D eigenvalue weighted by Gasteiger charge is 2.08. The normalized spacial score (nSPS) is 10.7. The molecular formula is C20H21N3O4. The van der Waals surface area contributed by atoms with Gasteiger partial charge in [0.2, 0.25) is 5.91 Å². The van der Waals surface area contributed by atoms with Gasteiger partial charge in [-0.1, -0.05) is 24.3 Å². The Morgan fingerprint density at radius 2 is 1.85 bits per heavy atom. The molecule has 1 aromatic heterocycles. The Morgan fingerprint density at radius 3 is 2.59 bits per heavy atom. The molecule has 7 heteroatoms. The van der Waals surface area contributed by atoms with E-state index in [1.54, 1.807) is 24.3 Å². The Balaban J connectivity index is 1.62. The van der Waals surface area contributed by atoms with Crippen LogP contribution in [0.25, 0.3) is 11.0 Å². The van der Waals surface area contributed by atoms with Gasteiger partial charge in [0.1, 0.15) is 5.75 Å². The molecule has 0 unspecified atom stereocenters.